The van der Waals surface area contributed by atoms with Crippen molar-refractivity contribution in [3.05, 3.63) is 59.5 Å². The van der Waals surface area contributed by atoms with E-state index < -0.39 is 6.04 Å². The minimum absolute atomic E-state index is 0.126. The highest BCUT2D eigenvalue weighted by Gasteiger charge is 2.20. The van der Waals surface area contributed by atoms with Crippen LogP contribution in [0.2, 0.25) is 0 Å². The van der Waals surface area contributed by atoms with Gasteiger partial charge in [0.1, 0.15) is 11.8 Å². The maximum atomic E-state index is 12.7. The second-order valence-electron chi connectivity index (χ2n) is 7.24. The Kier molecular flexibility index (Phi) is 8.21. The van der Waals surface area contributed by atoms with Crippen molar-refractivity contribution in [2.75, 3.05) is 19.0 Å². The maximum Gasteiger partial charge on any atom is 0.242 e. The number of hydrogen-bond acceptors (Lipinski definition) is 6. The van der Waals surface area contributed by atoms with Gasteiger partial charge in [-0.05, 0) is 25.5 Å². The van der Waals surface area contributed by atoms with Gasteiger partial charge in [0.15, 0.2) is 5.13 Å². The zero-order valence-corrected chi connectivity index (χ0v) is 19.3. The Hall–Kier alpha value is -3.39. The quantitative estimate of drug-likeness (QED) is 0.430. The van der Waals surface area contributed by atoms with Crippen molar-refractivity contribution >= 4 is 34.0 Å². The third kappa shape index (κ3) is 6.07. The second-order valence-corrected chi connectivity index (χ2v) is 8.32. The van der Waals surface area contributed by atoms with E-state index in [2.05, 4.69) is 16.0 Å². The first-order valence-electron chi connectivity index (χ1n) is 10.5. The second kappa shape index (κ2) is 11.3. The molecule has 3 rings (SSSR count). The fraction of sp³-hybridized carbons (Fsp3) is 0.292. The van der Waals surface area contributed by atoms with E-state index in [4.69, 9.17) is 9.72 Å². The lowest BCUT2D eigenvalue weighted by Crippen LogP contribution is -2.45. The predicted octanol–water partition coefficient (Wildman–Crippen LogP) is 4.14. The summed E-state index contributed by atoms with van der Waals surface area (Å²) in [4.78, 5) is 30.4. The summed E-state index contributed by atoms with van der Waals surface area (Å²) in [6.45, 7) is 4.25. The third-order valence-corrected chi connectivity index (χ3v) is 5.71. The third-order valence-electron chi connectivity index (χ3n) is 4.73. The molecule has 0 aliphatic heterocycles. The molecular weight excluding hydrogens is 424 g/mol. The van der Waals surface area contributed by atoms with E-state index in [1.54, 1.807) is 14.0 Å². The Morgan fingerprint density at radius 3 is 2.53 bits per heavy atom. The minimum Gasteiger partial charge on any atom is -0.495 e. The molecule has 0 saturated heterocycles. The van der Waals surface area contributed by atoms with Crippen LogP contribution in [0.5, 0.6) is 5.75 Å². The van der Waals surface area contributed by atoms with E-state index in [9.17, 15) is 9.59 Å². The summed E-state index contributed by atoms with van der Waals surface area (Å²) >= 11 is 1.41. The van der Waals surface area contributed by atoms with E-state index in [0.717, 1.165) is 28.2 Å². The first-order valence-corrected chi connectivity index (χ1v) is 11.4. The first-order chi connectivity index (χ1) is 15.5. The Morgan fingerprint density at radius 1 is 1.09 bits per heavy atom. The summed E-state index contributed by atoms with van der Waals surface area (Å²) in [5, 5.41) is 9.53. The minimum atomic E-state index is -0.603. The number of ether oxygens (including phenoxy) is 1. The van der Waals surface area contributed by atoms with Crippen molar-refractivity contribution in [1.82, 2.24) is 15.6 Å². The highest BCUT2D eigenvalue weighted by Crippen LogP contribution is 2.35. The molecule has 3 N–H and O–H groups in total. The van der Waals surface area contributed by atoms with Crippen LogP contribution in [0.15, 0.2) is 54.6 Å². The molecule has 3 aromatic rings. The van der Waals surface area contributed by atoms with Crippen LogP contribution in [0.3, 0.4) is 0 Å². The average Bonchev–Trinajstić information content (AvgIpc) is 3.20. The number of para-hydroxylation sites is 2. The lowest BCUT2D eigenvalue weighted by molar-refractivity contribution is -0.128. The summed E-state index contributed by atoms with van der Waals surface area (Å²) in [6.07, 6.45) is 0.969. The Bertz CT molecular complexity index is 1050. The molecule has 0 spiro atoms. The van der Waals surface area contributed by atoms with Crippen LogP contribution in [-0.4, -0.2) is 36.5 Å². The van der Waals surface area contributed by atoms with Crippen molar-refractivity contribution < 1.29 is 14.3 Å². The van der Waals surface area contributed by atoms with Gasteiger partial charge in [0, 0.05) is 17.0 Å². The summed E-state index contributed by atoms with van der Waals surface area (Å²) in [5.41, 5.74) is 2.46. The zero-order chi connectivity index (χ0) is 22.9. The van der Waals surface area contributed by atoms with Crippen molar-refractivity contribution in [3.8, 4) is 17.0 Å². The van der Waals surface area contributed by atoms with Gasteiger partial charge in [-0.2, -0.15) is 0 Å². The van der Waals surface area contributed by atoms with Crippen LogP contribution in [-0.2, 0) is 16.0 Å². The van der Waals surface area contributed by atoms with Gasteiger partial charge in [0.05, 0.1) is 24.9 Å². The van der Waals surface area contributed by atoms with E-state index in [1.165, 1.54) is 11.3 Å². The van der Waals surface area contributed by atoms with Crippen LogP contribution in [0.25, 0.3) is 11.3 Å². The molecule has 1 atom stereocenters. The fourth-order valence-electron chi connectivity index (χ4n) is 3.11. The number of methoxy groups -OCH3 is 1. The molecule has 168 valence electrons. The molecule has 1 aromatic heterocycles. The van der Waals surface area contributed by atoms with Crippen molar-refractivity contribution in [2.45, 2.75) is 32.7 Å². The van der Waals surface area contributed by atoms with Gasteiger partial charge in [0.2, 0.25) is 11.8 Å². The number of anilines is 2. The summed E-state index contributed by atoms with van der Waals surface area (Å²) in [7, 11) is 1.62. The SMILES string of the molecule is CCCNC(=O)[C@H](C)NC(=O)Cc1sc(Nc2ccccc2OC)nc1-c1ccccc1. The monoisotopic (exact) mass is 452 g/mol. The van der Waals surface area contributed by atoms with Gasteiger partial charge >= 0.3 is 0 Å². The van der Waals surface area contributed by atoms with Gasteiger partial charge in [-0.1, -0.05) is 49.4 Å². The molecule has 0 aliphatic rings. The molecule has 7 nitrogen and oxygen atoms in total. The summed E-state index contributed by atoms with van der Waals surface area (Å²) in [5.74, 6) is 0.287. The molecule has 0 bridgehead atoms. The highest BCUT2D eigenvalue weighted by atomic mass is 32.1. The number of aromatic nitrogens is 1. The topological polar surface area (TPSA) is 92.4 Å². The zero-order valence-electron chi connectivity index (χ0n) is 18.5. The van der Waals surface area contributed by atoms with Crippen LogP contribution in [0, 0.1) is 0 Å². The first kappa shape index (κ1) is 23.3. The lowest BCUT2D eigenvalue weighted by atomic mass is 10.1. The molecule has 0 radical (unpaired) electrons. The lowest BCUT2D eigenvalue weighted by Gasteiger charge is -2.13. The number of amides is 2. The molecule has 2 amide bonds. The van der Waals surface area contributed by atoms with E-state index in [-0.39, 0.29) is 18.2 Å². The largest absolute Gasteiger partial charge is 0.495 e. The van der Waals surface area contributed by atoms with E-state index in [0.29, 0.717) is 17.4 Å². The van der Waals surface area contributed by atoms with E-state index >= 15 is 0 Å². The Morgan fingerprint density at radius 2 is 1.81 bits per heavy atom. The molecule has 1 heterocycles. The highest BCUT2D eigenvalue weighted by molar-refractivity contribution is 7.16. The van der Waals surface area contributed by atoms with Crippen molar-refractivity contribution in [2.24, 2.45) is 0 Å². The number of benzene rings is 2. The maximum absolute atomic E-state index is 12.7. The van der Waals surface area contributed by atoms with Gasteiger partial charge < -0.3 is 20.7 Å². The number of hydrogen-bond donors (Lipinski definition) is 3. The number of nitrogens with zero attached hydrogens (tertiary/aromatic N) is 1. The molecule has 2 aromatic carbocycles. The van der Waals surface area contributed by atoms with Gasteiger partial charge in [-0.25, -0.2) is 4.98 Å². The molecule has 0 unspecified atom stereocenters. The van der Waals surface area contributed by atoms with Crippen LogP contribution < -0.4 is 20.7 Å². The van der Waals surface area contributed by atoms with Crippen LogP contribution in [0.4, 0.5) is 10.8 Å². The molecule has 32 heavy (non-hydrogen) atoms. The van der Waals surface area contributed by atoms with Crippen molar-refractivity contribution in [1.29, 1.82) is 0 Å². The number of nitrogens with one attached hydrogen (secondary N) is 3. The number of thiazole rings is 1. The molecule has 0 aliphatic carbocycles. The fourth-order valence-corrected chi connectivity index (χ4v) is 4.11. The molecule has 8 heteroatoms. The van der Waals surface area contributed by atoms with Crippen LogP contribution in [0.1, 0.15) is 25.1 Å². The predicted molar refractivity (Wildman–Crippen MR) is 128 cm³/mol. The van der Waals surface area contributed by atoms with Gasteiger partial charge in [0.25, 0.3) is 0 Å². The summed E-state index contributed by atoms with van der Waals surface area (Å²) in [6, 6.07) is 16.7. The van der Waals surface area contributed by atoms with Crippen LogP contribution >= 0.6 is 11.3 Å². The normalized spacial score (nSPS) is 11.5. The standard InChI is InChI=1S/C24H28N4O3S/c1-4-14-25-23(30)16(2)26-21(29)15-20-22(17-10-6-5-7-11-17)28-24(32-20)27-18-12-8-9-13-19(18)31-3/h5-13,16H,4,14-15H2,1-3H3,(H,25,30)(H,26,29)(H,27,28)/t16-/m0/s1. The van der Waals surface area contributed by atoms with Gasteiger partial charge in [-0.15, -0.1) is 11.3 Å². The summed E-state index contributed by atoms with van der Waals surface area (Å²) < 4.78 is 5.41. The van der Waals surface area contributed by atoms with Crippen molar-refractivity contribution in [3.63, 3.8) is 0 Å². The molecule has 0 fully saturated rings. The number of rotatable bonds is 10. The Labute approximate surface area is 192 Å². The number of carbonyl (C=O) groups excluding carboxylic acids is 2. The Balaban J connectivity index is 1.81. The molecule has 0 saturated carbocycles. The average molecular weight is 453 g/mol. The number of carbonyl (C=O) groups is 2. The van der Waals surface area contributed by atoms with E-state index in [1.807, 2.05) is 61.5 Å². The smallest absolute Gasteiger partial charge is 0.242 e. The molecular formula is C24H28N4O3S. The van der Waals surface area contributed by atoms with Gasteiger partial charge in [-0.3, -0.25) is 9.59 Å².